The quantitative estimate of drug-likeness (QED) is 0.761. The van der Waals surface area contributed by atoms with Crippen LogP contribution in [0.5, 0.6) is 0 Å². The van der Waals surface area contributed by atoms with E-state index in [1.54, 1.807) is 4.68 Å². The largest absolute Gasteiger partial charge is 0.393 e. The number of hydrogen-bond acceptors (Lipinski definition) is 5. The third-order valence-electron chi connectivity index (χ3n) is 4.30. The molecule has 1 fully saturated rings. The van der Waals surface area contributed by atoms with Gasteiger partial charge in [-0.1, -0.05) is 6.07 Å². The van der Waals surface area contributed by atoms with Crippen LogP contribution < -0.4 is 5.32 Å². The van der Waals surface area contributed by atoms with Crippen molar-refractivity contribution in [1.29, 1.82) is 0 Å². The molecular formula is C15H18N6O. The van der Waals surface area contributed by atoms with Crippen LogP contribution in [0.2, 0.25) is 0 Å². The molecule has 1 saturated carbocycles. The Morgan fingerprint density at radius 3 is 2.91 bits per heavy atom. The molecule has 1 atom stereocenters. The van der Waals surface area contributed by atoms with Crippen LogP contribution in [0, 0.1) is 5.92 Å². The van der Waals surface area contributed by atoms with Gasteiger partial charge in [-0.25, -0.2) is 0 Å². The lowest BCUT2D eigenvalue weighted by Crippen LogP contribution is -2.36. The van der Waals surface area contributed by atoms with Gasteiger partial charge in [-0.2, -0.15) is 5.10 Å². The predicted molar refractivity (Wildman–Crippen MR) is 81.3 cm³/mol. The van der Waals surface area contributed by atoms with Crippen LogP contribution in [-0.2, 0) is 7.05 Å². The van der Waals surface area contributed by atoms with E-state index in [1.165, 1.54) is 0 Å². The summed E-state index contributed by atoms with van der Waals surface area (Å²) < 4.78 is 3.72. The van der Waals surface area contributed by atoms with Crippen molar-refractivity contribution in [2.24, 2.45) is 13.0 Å². The van der Waals surface area contributed by atoms with Gasteiger partial charge in [0.2, 0.25) is 5.95 Å². The highest BCUT2D eigenvalue weighted by molar-refractivity contribution is 5.46. The second-order valence-electron chi connectivity index (χ2n) is 5.91. The zero-order chi connectivity index (χ0) is 15.1. The number of anilines is 1. The Morgan fingerprint density at radius 1 is 1.32 bits per heavy atom. The van der Waals surface area contributed by atoms with Crippen molar-refractivity contribution in [3.05, 3.63) is 42.4 Å². The molecule has 0 aliphatic heterocycles. The number of nitrogens with one attached hydrogen (secondary N) is 1. The maximum Gasteiger partial charge on any atom is 0.229 e. The Kier molecular flexibility index (Phi) is 3.07. The molecule has 3 heterocycles. The van der Waals surface area contributed by atoms with Crippen molar-refractivity contribution in [3.8, 4) is 0 Å². The van der Waals surface area contributed by atoms with Gasteiger partial charge in [0.15, 0.2) is 5.65 Å². The van der Waals surface area contributed by atoms with Crippen molar-refractivity contribution in [2.45, 2.75) is 25.0 Å². The Morgan fingerprint density at radius 2 is 2.18 bits per heavy atom. The second kappa shape index (κ2) is 5.10. The average molecular weight is 298 g/mol. The molecule has 7 heteroatoms. The molecule has 4 rings (SSSR count). The number of aliphatic hydroxyl groups excluding tert-OH is 1. The van der Waals surface area contributed by atoms with Gasteiger partial charge in [0, 0.05) is 25.0 Å². The van der Waals surface area contributed by atoms with E-state index in [1.807, 2.05) is 48.2 Å². The lowest BCUT2D eigenvalue weighted by Gasteiger charge is -2.37. The van der Waals surface area contributed by atoms with E-state index in [4.69, 9.17) is 0 Å². The van der Waals surface area contributed by atoms with E-state index in [0.29, 0.717) is 11.9 Å². The molecule has 7 nitrogen and oxygen atoms in total. The summed E-state index contributed by atoms with van der Waals surface area (Å²) in [6.45, 7) is 0. The monoisotopic (exact) mass is 298 g/mol. The van der Waals surface area contributed by atoms with Gasteiger partial charge < -0.3 is 10.4 Å². The third kappa shape index (κ3) is 2.23. The Balaban J connectivity index is 1.66. The summed E-state index contributed by atoms with van der Waals surface area (Å²) in [4.78, 5) is 0. The van der Waals surface area contributed by atoms with Crippen molar-refractivity contribution in [1.82, 2.24) is 24.4 Å². The molecule has 1 aliphatic carbocycles. The molecule has 2 N–H and O–H groups in total. The van der Waals surface area contributed by atoms with Crippen LogP contribution in [0.15, 0.2) is 36.8 Å². The molecule has 22 heavy (non-hydrogen) atoms. The smallest absolute Gasteiger partial charge is 0.229 e. The molecule has 0 unspecified atom stereocenters. The van der Waals surface area contributed by atoms with Gasteiger partial charge in [-0.3, -0.25) is 9.08 Å². The van der Waals surface area contributed by atoms with E-state index >= 15 is 0 Å². The summed E-state index contributed by atoms with van der Waals surface area (Å²) in [5.41, 5.74) is 1.91. The highest BCUT2D eigenvalue weighted by Crippen LogP contribution is 2.39. The molecule has 0 spiro atoms. The molecule has 0 saturated heterocycles. The Bertz CT molecular complexity index is 788. The van der Waals surface area contributed by atoms with Crippen molar-refractivity contribution >= 4 is 11.6 Å². The molecule has 114 valence electrons. The first-order valence-electron chi connectivity index (χ1n) is 7.43. The number of aryl methyl sites for hydroxylation is 1. The molecule has 0 bridgehead atoms. The summed E-state index contributed by atoms with van der Waals surface area (Å²) in [5.74, 6) is 1.08. The highest BCUT2D eigenvalue weighted by atomic mass is 16.3. The second-order valence-corrected chi connectivity index (χ2v) is 5.91. The van der Waals surface area contributed by atoms with Gasteiger partial charge in [-0.15, -0.1) is 10.2 Å². The summed E-state index contributed by atoms with van der Waals surface area (Å²) in [7, 11) is 1.91. The predicted octanol–water partition coefficient (Wildman–Crippen LogP) is 1.39. The van der Waals surface area contributed by atoms with E-state index in [-0.39, 0.29) is 12.1 Å². The molecule has 0 aromatic carbocycles. The van der Waals surface area contributed by atoms with Gasteiger partial charge in [-0.05, 0) is 30.9 Å². The summed E-state index contributed by atoms with van der Waals surface area (Å²) in [6, 6.07) is 5.89. The summed E-state index contributed by atoms with van der Waals surface area (Å²) >= 11 is 0. The fourth-order valence-corrected chi connectivity index (χ4v) is 3.06. The normalized spacial score (nSPS) is 22.5. The van der Waals surface area contributed by atoms with Crippen molar-refractivity contribution in [3.63, 3.8) is 0 Å². The first kappa shape index (κ1) is 13.3. The standard InChI is InChI=1S/C15H18N6O/c1-20-9-11(8-16-20)14(10-6-12(22)7-10)17-15-19-18-13-4-2-3-5-21(13)15/h2-5,8-10,12,14,22H,6-7H2,1H3,(H,17,19)/t10?,12?,14-/m1/s1. The minimum atomic E-state index is -0.193. The van der Waals surface area contributed by atoms with Gasteiger partial charge in [0.25, 0.3) is 0 Å². The number of rotatable bonds is 4. The number of pyridine rings is 1. The number of nitrogens with zero attached hydrogens (tertiary/aromatic N) is 5. The number of aliphatic hydroxyl groups is 1. The SMILES string of the molecule is Cn1cc([C@H](Nc2nnc3ccccn23)C2CC(O)C2)cn1. The fraction of sp³-hybridized carbons (Fsp3) is 0.400. The maximum atomic E-state index is 9.64. The van der Waals surface area contributed by atoms with Crippen molar-refractivity contribution in [2.75, 3.05) is 5.32 Å². The van der Waals surface area contributed by atoms with Crippen LogP contribution in [0.25, 0.3) is 5.65 Å². The Labute approximate surface area is 127 Å². The summed E-state index contributed by atoms with van der Waals surface area (Å²) in [5, 5.41) is 25.8. The van der Waals surface area contributed by atoms with Crippen molar-refractivity contribution < 1.29 is 5.11 Å². The lowest BCUT2D eigenvalue weighted by atomic mass is 9.75. The van der Waals surface area contributed by atoms with Gasteiger partial charge in [0.05, 0.1) is 18.3 Å². The maximum absolute atomic E-state index is 9.64. The van der Waals surface area contributed by atoms with E-state index in [2.05, 4.69) is 20.6 Å². The van der Waals surface area contributed by atoms with Crippen LogP contribution >= 0.6 is 0 Å². The van der Waals surface area contributed by atoms with Crippen LogP contribution in [-0.4, -0.2) is 35.6 Å². The minimum absolute atomic E-state index is 0.0738. The lowest BCUT2D eigenvalue weighted by molar-refractivity contribution is 0.0338. The molecular weight excluding hydrogens is 280 g/mol. The number of fused-ring (bicyclic) bond motifs is 1. The van der Waals surface area contributed by atoms with Crippen LogP contribution in [0.1, 0.15) is 24.4 Å². The minimum Gasteiger partial charge on any atom is -0.393 e. The topological polar surface area (TPSA) is 80.3 Å². The fourth-order valence-electron chi connectivity index (χ4n) is 3.06. The Hall–Kier alpha value is -2.41. The van der Waals surface area contributed by atoms with E-state index in [9.17, 15) is 5.11 Å². The molecule has 0 radical (unpaired) electrons. The first-order valence-corrected chi connectivity index (χ1v) is 7.43. The van der Waals surface area contributed by atoms with E-state index in [0.717, 1.165) is 24.1 Å². The number of hydrogen-bond donors (Lipinski definition) is 2. The van der Waals surface area contributed by atoms with Gasteiger partial charge >= 0.3 is 0 Å². The van der Waals surface area contributed by atoms with Crippen LogP contribution in [0.3, 0.4) is 0 Å². The summed E-state index contributed by atoms with van der Waals surface area (Å²) in [6.07, 6.45) is 7.21. The third-order valence-corrected chi connectivity index (χ3v) is 4.30. The average Bonchev–Trinajstić information content (AvgIpc) is 3.08. The zero-order valence-corrected chi connectivity index (χ0v) is 12.3. The highest BCUT2D eigenvalue weighted by Gasteiger charge is 2.36. The van der Waals surface area contributed by atoms with E-state index < -0.39 is 0 Å². The molecule has 3 aromatic rings. The molecule has 1 aliphatic rings. The number of aromatic nitrogens is 5. The molecule has 0 amide bonds. The van der Waals surface area contributed by atoms with Gasteiger partial charge in [0.1, 0.15) is 0 Å². The zero-order valence-electron chi connectivity index (χ0n) is 12.3. The van der Waals surface area contributed by atoms with Crippen LogP contribution in [0.4, 0.5) is 5.95 Å². The molecule has 3 aromatic heterocycles. The first-order chi connectivity index (χ1) is 10.7.